The molecule has 0 radical (unpaired) electrons. The van der Waals surface area contributed by atoms with E-state index in [-0.39, 0.29) is 17.5 Å². The van der Waals surface area contributed by atoms with E-state index in [0.717, 1.165) is 24.8 Å². The second-order valence-electron chi connectivity index (χ2n) is 6.64. The van der Waals surface area contributed by atoms with E-state index in [0.29, 0.717) is 21.2 Å². The number of hydrogen-bond acceptors (Lipinski definition) is 4. The van der Waals surface area contributed by atoms with Crippen LogP contribution in [0.2, 0.25) is 0 Å². The SMILES string of the molecule is Cn1ncc2c1CCC[C@@H]2NC(=O)c1ccc2c(=O)n(C)c(=S)[nH]c2c1. The minimum Gasteiger partial charge on any atom is -0.345 e. The topological polar surface area (TPSA) is 84.7 Å². The van der Waals surface area contributed by atoms with Crippen LogP contribution < -0.4 is 10.9 Å². The molecule has 2 heterocycles. The molecule has 1 aromatic carbocycles. The molecule has 0 saturated carbocycles. The maximum Gasteiger partial charge on any atom is 0.261 e. The van der Waals surface area contributed by atoms with Gasteiger partial charge in [-0.2, -0.15) is 5.10 Å². The second-order valence-corrected chi connectivity index (χ2v) is 7.03. The normalized spacial score (nSPS) is 16.5. The van der Waals surface area contributed by atoms with E-state index >= 15 is 0 Å². The van der Waals surface area contributed by atoms with Crippen LogP contribution in [0.5, 0.6) is 0 Å². The Morgan fingerprint density at radius 1 is 1.38 bits per heavy atom. The maximum atomic E-state index is 12.7. The van der Waals surface area contributed by atoms with Crippen LogP contribution in [0.1, 0.15) is 40.5 Å². The molecule has 2 aromatic heterocycles. The predicted molar refractivity (Wildman–Crippen MR) is 101 cm³/mol. The molecule has 0 fully saturated rings. The highest BCUT2D eigenvalue weighted by atomic mass is 32.1. The minimum absolute atomic E-state index is 0.0437. The molecule has 0 saturated heterocycles. The minimum atomic E-state index is -0.178. The number of amides is 1. The van der Waals surface area contributed by atoms with E-state index in [1.54, 1.807) is 25.2 Å². The Hall–Kier alpha value is -2.74. The fraction of sp³-hybridized carbons (Fsp3) is 0.333. The molecule has 134 valence electrons. The Balaban J connectivity index is 1.66. The highest BCUT2D eigenvalue weighted by Crippen LogP contribution is 2.29. The summed E-state index contributed by atoms with van der Waals surface area (Å²) in [7, 11) is 3.55. The molecule has 26 heavy (non-hydrogen) atoms. The number of nitrogens with one attached hydrogen (secondary N) is 2. The summed E-state index contributed by atoms with van der Waals surface area (Å²) >= 11 is 5.15. The van der Waals surface area contributed by atoms with Crippen molar-refractivity contribution in [2.45, 2.75) is 25.3 Å². The number of benzene rings is 1. The first kappa shape index (κ1) is 16.7. The zero-order chi connectivity index (χ0) is 18.4. The van der Waals surface area contributed by atoms with Gasteiger partial charge in [-0.3, -0.25) is 18.8 Å². The molecule has 3 aromatic rings. The molecule has 0 unspecified atom stereocenters. The third-order valence-corrected chi connectivity index (χ3v) is 5.42. The van der Waals surface area contributed by atoms with Gasteiger partial charge in [-0.05, 0) is 49.7 Å². The molecule has 1 amide bonds. The molecule has 0 bridgehead atoms. The van der Waals surface area contributed by atoms with Gasteiger partial charge in [0.25, 0.3) is 11.5 Å². The second kappa shape index (κ2) is 6.21. The summed E-state index contributed by atoms with van der Waals surface area (Å²) in [6, 6.07) is 4.96. The molecule has 4 rings (SSSR count). The zero-order valence-corrected chi connectivity index (χ0v) is 15.4. The molecule has 1 atom stereocenters. The summed E-state index contributed by atoms with van der Waals surface area (Å²) in [5.41, 5.74) is 3.14. The smallest absolute Gasteiger partial charge is 0.261 e. The van der Waals surface area contributed by atoms with Gasteiger partial charge in [0.1, 0.15) is 0 Å². The van der Waals surface area contributed by atoms with E-state index in [1.807, 2.05) is 17.9 Å². The van der Waals surface area contributed by atoms with Gasteiger partial charge in [-0.25, -0.2) is 0 Å². The van der Waals surface area contributed by atoms with Crippen LogP contribution in [0, 0.1) is 4.77 Å². The molecule has 1 aliphatic carbocycles. The number of carbonyl (C=O) groups is 1. The molecule has 1 aliphatic rings. The van der Waals surface area contributed by atoms with Gasteiger partial charge in [-0.1, -0.05) is 0 Å². The van der Waals surface area contributed by atoms with Crippen LogP contribution in [0.15, 0.2) is 29.2 Å². The van der Waals surface area contributed by atoms with E-state index in [2.05, 4.69) is 15.4 Å². The Morgan fingerprint density at radius 2 is 2.19 bits per heavy atom. The van der Waals surface area contributed by atoms with E-state index in [1.165, 1.54) is 10.3 Å². The number of hydrogen-bond donors (Lipinski definition) is 2. The van der Waals surface area contributed by atoms with Crippen molar-refractivity contribution in [2.24, 2.45) is 14.1 Å². The quantitative estimate of drug-likeness (QED) is 0.678. The number of H-pyrrole nitrogens is 1. The summed E-state index contributed by atoms with van der Waals surface area (Å²) in [6.45, 7) is 0. The van der Waals surface area contributed by atoms with Crippen LogP contribution in [-0.4, -0.2) is 25.2 Å². The molecule has 8 heteroatoms. The average Bonchev–Trinajstić information content (AvgIpc) is 3.01. The number of fused-ring (bicyclic) bond motifs is 2. The van der Waals surface area contributed by atoms with Crippen molar-refractivity contribution in [1.29, 1.82) is 0 Å². The van der Waals surface area contributed by atoms with Gasteiger partial charge in [0, 0.05) is 30.9 Å². The van der Waals surface area contributed by atoms with Gasteiger partial charge in [0.05, 0.1) is 23.1 Å². The van der Waals surface area contributed by atoms with Crippen LogP contribution in [0.3, 0.4) is 0 Å². The first-order valence-corrected chi connectivity index (χ1v) is 8.91. The van der Waals surface area contributed by atoms with Crippen LogP contribution >= 0.6 is 12.2 Å². The van der Waals surface area contributed by atoms with Crippen LogP contribution in [0.25, 0.3) is 10.9 Å². The number of aryl methyl sites for hydroxylation is 1. The third-order valence-electron chi connectivity index (χ3n) is 5.04. The Bertz CT molecular complexity index is 1140. The van der Waals surface area contributed by atoms with Gasteiger partial charge in [0.2, 0.25) is 0 Å². The van der Waals surface area contributed by atoms with Crippen molar-refractivity contribution in [1.82, 2.24) is 24.6 Å². The van der Waals surface area contributed by atoms with Gasteiger partial charge in [-0.15, -0.1) is 0 Å². The highest BCUT2D eigenvalue weighted by molar-refractivity contribution is 7.71. The number of nitrogens with zero attached hydrogens (tertiary/aromatic N) is 3. The lowest BCUT2D eigenvalue weighted by atomic mass is 9.92. The van der Waals surface area contributed by atoms with E-state index in [4.69, 9.17) is 12.2 Å². The van der Waals surface area contributed by atoms with E-state index < -0.39 is 0 Å². The maximum absolute atomic E-state index is 12.7. The van der Waals surface area contributed by atoms with Gasteiger partial charge >= 0.3 is 0 Å². The summed E-state index contributed by atoms with van der Waals surface area (Å²) in [5.74, 6) is -0.173. The van der Waals surface area contributed by atoms with Crippen molar-refractivity contribution in [3.05, 3.63) is 56.3 Å². The molecule has 7 nitrogen and oxygen atoms in total. The first-order chi connectivity index (χ1) is 12.5. The van der Waals surface area contributed by atoms with Crippen molar-refractivity contribution in [2.75, 3.05) is 0 Å². The molecular weight excluding hydrogens is 350 g/mol. The lowest BCUT2D eigenvalue weighted by molar-refractivity contribution is 0.0932. The Kier molecular flexibility index (Phi) is 3.99. The van der Waals surface area contributed by atoms with Crippen LogP contribution in [0.4, 0.5) is 0 Å². The highest BCUT2D eigenvalue weighted by Gasteiger charge is 2.25. The summed E-state index contributed by atoms with van der Waals surface area (Å²) in [6.07, 6.45) is 4.72. The number of aromatic nitrogens is 4. The van der Waals surface area contributed by atoms with Crippen LogP contribution in [-0.2, 0) is 20.5 Å². The largest absolute Gasteiger partial charge is 0.345 e. The summed E-state index contributed by atoms with van der Waals surface area (Å²) in [5, 5.41) is 7.91. The standard InChI is InChI=1S/C18H19N5O2S/c1-22-17(25)11-7-6-10(8-14(11)21-18(22)26)16(24)20-13-4-3-5-15-12(13)9-19-23(15)2/h6-9,13H,3-5H2,1-2H3,(H,20,24)(H,21,26)/t13-/m0/s1. The number of carbonyl (C=O) groups excluding carboxylic acids is 1. The number of aromatic amines is 1. The average molecular weight is 369 g/mol. The van der Waals surface area contributed by atoms with E-state index in [9.17, 15) is 9.59 Å². The third kappa shape index (κ3) is 2.66. The van der Waals surface area contributed by atoms with Crippen molar-refractivity contribution in [3.63, 3.8) is 0 Å². The Morgan fingerprint density at radius 3 is 3.00 bits per heavy atom. The van der Waals surface area contributed by atoms with Gasteiger partial charge in [0.15, 0.2) is 4.77 Å². The summed E-state index contributed by atoms with van der Waals surface area (Å²) in [4.78, 5) is 28.0. The molecular formula is C18H19N5O2S. The monoisotopic (exact) mass is 369 g/mol. The lowest BCUT2D eigenvalue weighted by Gasteiger charge is -2.23. The fourth-order valence-electron chi connectivity index (χ4n) is 3.55. The predicted octanol–water partition coefficient (Wildman–Crippen LogP) is 2.14. The Labute approximate surface area is 154 Å². The van der Waals surface area contributed by atoms with Crippen molar-refractivity contribution >= 4 is 29.0 Å². The number of rotatable bonds is 2. The molecule has 0 spiro atoms. The van der Waals surface area contributed by atoms with Gasteiger partial charge < -0.3 is 10.3 Å². The van der Waals surface area contributed by atoms with Crippen molar-refractivity contribution < 1.29 is 4.79 Å². The summed E-state index contributed by atoms with van der Waals surface area (Å²) < 4.78 is 3.58. The molecule has 0 aliphatic heterocycles. The molecule has 2 N–H and O–H groups in total. The lowest BCUT2D eigenvalue weighted by Crippen LogP contribution is -2.31. The fourth-order valence-corrected chi connectivity index (χ4v) is 3.74. The zero-order valence-electron chi connectivity index (χ0n) is 14.6. The first-order valence-electron chi connectivity index (χ1n) is 8.50. The van der Waals surface area contributed by atoms with Crippen molar-refractivity contribution in [3.8, 4) is 0 Å².